The highest BCUT2D eigenvalue weighted by Gasteiger charge is 2.31. The molecule has 150 valence electrons. The molecule has 0 aliphatic carbocycles. The number of benzene rings is 1. The SMILES string of the molecule is Cc1cccc(C)c1NC(=O)CN(C)C(=O)Cn1cc(C(F)(F)F)ccc1=O. The summed E-state index contributed by atoms with van der Waals surface area (Å²) in [6.45, 7) is 2.76. The minimum absolute atomic E-state index is 0.305. The lowest BCUT2D eigenvalue weighted by atomic mass is 10.1. The fourth-order valence-electron chi connectivity index (χ4n) is 2.58. The number of likely N-dealkylation sites (N-methyl/N-ethyl adjacent to an activating group) is 1. The number of hydrogen-bond acceptors (Lipinski definition) is 3. The summed E-state index contributed by atoms with van der Waals surface area (Å²) in [5.41, 5.74) is 0.586. The van der Waals surface area contributed by atoms with Crippen LogP contribution in [0.25, 0.3) is 0 Å². The predicted octanol–water partition coefficient (Wildman–Crippen LogP) is 2.58. The van der Waals surface area contributed by atoms with Crippen LogP contribution in [0.3, 0.4) is 0 Å². The van der Waals surface area contributed by atoms with Gasteiger partial charge in [0.15, 0.2) is 0 Å². The van der Waals surface area contributed by atoms with Crippen LogP contribution < -0.4 is 10.9 Å². The average molecular weight is 395 g/mol. The molecule has 0 radical (unpaired) electrons. The number of halogens is 3. The van der Waals surface area contributed by atoms with E-state index < -0.39 is 35.7 Å². The number of carbonyl (C=O) groups excluding carboxylic acids is 2. The fourth-order valence-corrected chi connectivity index (χ4v) is 2.58. The van der Waals surface area contributed by atoms with Gasteiger partial charge in [-0.1, -0.05) is 18.2 Å². The van der Waals surface area contributed by atoms with E-state index in [-0.39, 0.29) is 6.54 Å². The van der Waals surface area contributed by atoms with E-state index in [1.165, 1.54) is 7.05 Å². The van der Waals surface area contributed by atoms with Crippen molar-refractivity contribution >= 4 is 17.5 Å². The summed E-state index contributed by atoms with van der Waals surface area (Å²) < 4.78 is 39.0. The molecule has 6 nitrogen and oxygen atoms in total. The zero-order valence-electron chi connectivity index (χ0n) is 15.6. The van der Waals surface area contributed by atoms with Gasteiger partial charge in [0.1, 0.15) is 6.54 Å². The number of nitrogens with one attached hydrogen (secondary N) is 1. The van der Waals surface area contributed by atoms with Gasteiger partial charge in [-0.2, -0.15) is 13.2 Å². The molecule has 0 unspecified atom stereocenters. The van der Waals surface area contributed by atoms with Crippen LogP contribution >= 0.6 is 0 Å². The Kier molecular flexibility index (Phi) is 6.27. The Hall–Kier alpha value is -3.10. The smallest absolute Gasteiger partial charge is 0.335 e. The lowest BCUT2D eigenvalue weighted by Crippen LogP contribution is -2.38. The van der Waals surface area contributed by atoms with E-state index in [0.717, 1.165) is 22.1 Å². The molecule has 0 saturated carbocycles. The number of nitrogens with zero attached hydrogens (tertiary/aromatic N) is 2. The Balaban J connectivity index is 2.05. The maximum Gasteiger partial charge on any atom is 0.417 e. The Bertz CT molecular complexity index is 931. The standard InChI is InChI=1S/C19H20F3N3O3/c1-12-5-4-6-13(2)18(12)23-15(26)10-24(3)17(28)11-25-9-14(19(20,21)22)7-8-16(25)27/h4-9H,10-11H2,1-3H3,(H,23,26). The third kappa shape index (κ3) is 5.21. The van der Waals surface area contributed by atoms with Crippen molar-refractivity contribution in [1.29, 1.82) is 0 Å². The molecule has 1 aromatic carbocycles. The highest BCUT2D eigenvalue weighted by molar-refractivity contribution is 5.95. The van der Waals surface area contributed by atoms with Gasteiger partial charge in [-0.25, -0.2) is 0 Å². The maximum atomic E-state index is 12.8. The largest absolute Gasteiger partial charge is 0.417 e. The zero-order chi connectivity index (χ0) is 21.1. The highest BCUT2D eigenvalue weighted by Crippen LogP contribution is 2.28. The van der Waals surface area contributed by atoms with E-state index in [1.807, 2.05) is 32.0 Å². The third-order valence-electron chi connectivity index (χ3n) is 4.17. The number of alkyl halides is 3. The average Bonchev–Trinajstić information content (AvgIpc) is 2.59. The zero-order valence-corrected chi connectivity index (χ0v) is 15.6. The summed E-state index contributed by atoms with van der Waals surface area (Å²) in [6, 6.07) is 6.92. The van der Waals surface area contributed by atoms with Crippen LogP contribution in [0.15, 0.2) is 41.3 Å². The van der Waals surface area contributed by atoms with Gasteiger partial charge in [-0.05, 0) is 31.0 Å². The molecule has 0 aliphatic heterocycles. The molecule has 0 aliphatic rings. The van der Waals surface area contributed by atoms with Crippen LogP contribution in [0.5, 0.6) is 0 Å². The molecule has 9 heteroatoms. The predicted molar refractivity (Wildman–Crippen MR) is 97.9 cm³/mol. The van der Waals surface area contributed by atoms with Crippen LogP contribution in [0.4, 0.5) is 18.9 Å². The molecule has 2 aromatic rings. The fraction of sp³-hybridized carbons (Fsp3) is 0.316. The van der Waals surface area contributed by atoms with E-state index in [1.54, 1.807) is 0 Å². The van der Waals surface area contributed by atoms with Crippen LogP contribution in [0.2, 0.25) is 0 Å². The van der Waals surface area contributed by atoms with Crippen LogP contribution in [-0.2, 0) is 22.3 Å². The summed E-state index contributed by atoms with van der Waals surface area (Å²) in [7, 11) is 1.34. The van der Waals surface area contributed by atoms with Crippen molar-refractivity contribution < 1.29 is 22.8 Å². The number of hydrogen-bond donors (Lipinski definition) is 1. The summed E-state index contributed by atoms with van der Waals surface area (Å²) >= 11 is 0. The molecule has 1 N–H and O–H groups in total. The van der Waals surface area contributed by atoms with E-state index >= 15 is 0 Å². The van der Waals surface area contributed by atoms with Crippen molar-refractivity contribution in [3.63, 3.8) is 0 Å². The molecule has 0 bridgehead atoms. The first-order valence-electron chi connectivity index (χ1n) is 8.36. The third-order valence-corrected chi connectivity index (χ3v) is 4.17. The minimum atomic E-state index is -4.63. The van der Waals surface area contributed by atoms with Crippen molar-refractivity contribution in [2.45, 2.75) is 26.6 Å². The van der Waals surface area contributed by atoms with Crippen LogP contribution in [0, 0.1) is 13.8 Å². The van der Waals surface area contributed by atoms with Gasteiger partial charge >= 0.3 is 6.18 Å². The number of aromatic nitrogens is 1. The first kappa shape index (κ1) is 21.2. The second-order valence-electron chi connectivity index (χ2n) is 6.45. The molecule has 1 aromatic heterocycles. The van der Waals surface area contributed by atoms with E-state index in [4.69, 9.17) is 0 Å². The second-order valence-corrected chi connectivity index (χ2v) is 6.45. The molecule has 2 rings (SSSR count). The van der Waals surface area contributed by atoms with Crippen molar-refractivity contribution in [3.8, 4) is 0 Å². The van der Waals surface area contributed by atoms with Gasteiger partial charge < -0.3 is 14.8 Å². The molecule has 1 heterocycles. The molecular weight excluding hydrogens is 375 g/mol. The van der Waals surface area contributed by atoms with Gasteiger partial charge in [0, 0.05) is 25.0 Å². The van der Waals surface area contributed by atoms with Gasteiger partial charge in [0.05, 0.1) is 12.1 Å². The number of carbonyl (C=O) groups is 2. The van der Waals surface area contributed by atoms with Crippen molar-refractivity contribution in [2.75, 3.05) is 18.9 Å². The summed E-state index contributed by atoms with van der Waals surface area (Å²) in [5.74, 6) is -1.12. The highest BCUT2D eigenvalue weighted by atomic mass is 19.4. The van der Waals surface area contributed by atoms with Crippen LogP contribution in [0.1, 0.15) is 16.7 Å². The topological polar surface area (TPSA) is 71.4 Å². The number of rotatable bonds is 5. The van der Waals surface area contributed by atoms with Crippen molar-refractivity contribution in [3.05, 3.63) is 63.6 Å². The monoisotopic (exact) mass is 395 g/mol. The summed E-state index contributed by atoms with van der Waals surface area (Å²) in [4.78, 5) is 37.3. The van der Waals surface area contributed by atoms with Crippen molar-refractivity contribution in [1.82, 2.24) is 9.47 Å². The second kappa shape index (κ2) is 8.28. The van der Waals surface area contributed by atoms with Gasteiger partial charge in [0.25, 0.3) is 5.56 Å². The Labute approximate surface area is 159 Å². The number of para-hydroxylation sites is 1. The maximum absolute atomic E-state index is 12.8. The Morgan fingerprint density at radius 1 is 1.11 bits per heavy atom. The number of amides is 2. The summed E-state index contributed by atoms with van der Waals surface area (Å²) in [5, 5.41) is 2.72. The molecule has 28 heavy (non-hydrogen) atoms. The lowest BCUT2D eigenvalue weighted by Gasteiger charge is -2.19. The van der Waals surface area contributed by atoms with E-state index in [2.05, 4.69) is 5.32 Å². The summed E-state index contributed by atoms with van der Waals surface area (Å²) in [6.07, 6.45) is -4.04. The van der Waals surface area contributed by atoms with Crippen molar-refractivity contribution in [2.24, 2.45) is 0 Å². The Morgan fingerprint density at radius 2 is 1.71 bits per heavy atom. The van der Waals surface area contributed by atoms with Crippen LogP contribution in [-0.4, -0.2) is 34.9 Å². The molecular formula is C19H20F3N3O3. The minimum Gasteiger partial charge on any atom is -0.335 e. The number of pyridine rings is 1. The lowest BCUT2D eigenvalue weighted by molar-refractivity contribution is -0.138. The Morgan fingerprint density at radius 3 is 2.29 bits per heavy atom. The molecule has 0 fully saturated rings. The molecule has 0 saturated heterocycles. The van der Waals surface area contributed by atoms with Gasteiger partial charge in [-0.15, -0.1) is 0 Å². The molecule has 2 amide bonds. The van der Waals surface area contributed by atoms with E-state index in [9.17, 15) is 27.6 Å². The number of anilines is 1. The molecule has 0 spiro atoms. The van der Waals surface area contributed by atoms with Gasteiger partial charge in [-0.3, -0.25) is 14.4 Å². The van der Waals surface area contributed by atoms with Gasteiger partial charge in [0.2, 0.25) is 11.8 Å². The number of aryl methyl sites for hydroxylation is 2. The quantitative estimate of drug-likeness (QED) is 0.846. The first-order chi connectivity index (χ1) is 13.0. The first-order valence-corrected chi connectivity index (χ1v) is 8.36. The molecule has 0 atom stereocenters. The normalized spacial score (nSPS) is 11.2. The van der Waals surface area contributed by atoms with E-state index in [0.29, 0.717) is 22.5 Å².